The predicted octanol–water partition coefficient (Wildman–Crippen LogP) is 14.2. The Morgan fingerprint density at radius 3 is 1.55 bits per heavy atom. The summed E-state index contributed by atoms with van der Waals surface area (Å²) < 4.78 is 7.17. The molecule has 9 aromatic carbocycles. The fourth-order valence-electron chi connectivity index (χ4n) is 10.4. The number of anilines is 3. The Balaban J connectivity index is 1.12. The molecule has 1 spiro atoms. The van der Waals surface area contributed by atoms with Crippen molar-refractivity contribution in [3.8, 4) is 33.8 Å². The van der Waals surface area contributed by atoms with Crippen LogP contribution in [0.2, 0.25) is 0 Å². The van der Waals surface area contributed by atoms with Crippen LogP contribution in [-0.4, -0.2) is 0 Å². The maximum absolute atomic E-state index is 7.17. The van der Waals surface area contributed by atoms with Crippen molar-refractivity contribution in [1.82, 2.24) is 0 Å². The number of benzene rings is 9. The first-order valence-electron chi connectivity index (χ1n) is 19.6. The quantitative estimate of drug-likeness (QED) is 0.181. The van der Waals surface area contributed by atoms with Crippen molar-refractivity contribution < 1.29 is 4.74 Å². The van der Waals surface area contributed by atoms with Crippen molar-refractivity contribution >= 4 is 38.6 Å². The molecular weight excluding hydrogens is 679 g/mol. The van der Waals surface area contributed by atoms with E-state index in [0.717, 1.165) is 39.3 Å². The van der Waals surface area contributed by atoms with Crippen molar-refractivity contribution in [2.45, 2.75) is 24.7 Å². The molecule has 0 fully saturated rings. The minimum atomic E-state index is -0.581. The SMILES string of the molecule is CC1(C)c2ccccc2-c2ccc(N(c3ccccc3)c3ccc4c(c3)-c3ccccc3C43c4ccc5ccccc5c4Oc4c3ccc3ccccc43)cc21. The first-order valence-corrected chi connectivity index (χ1v) is 19.6. The smallest absolute Gasteiger partial charge is 0.140 e. The first-order chi connectivity index (χ1) is 27.5. The molecule has 0 N–H and O–H groups in total. The van der Waals surface area contributed by atoms with E-state index in [0.29, 0.717) is 0 Å². The number of para-hydroxylation sites is 1. The number of nitrogens with zero attached hydrogens (tertiary/aromatic N) is 1. The summed E-state index contributed by atoms with van der Waals surface area (Å²) in [5.41, 5.74) is 15.5. The third-order valence-corrected chi connectivity index (χ3v) is 12.9. The largest absolute Gasteiger partial charge is 0.455 e. The summed E-state index contributed by atoms with van der Waals surface area (Å²) >= 11 is 0. The Kier molecular flexibility index (Phi) is 6.36. The molecular formula is C54H37NO. The molecule has 12 rings (SSSR count). The van der Waals surface area contributed by atoms with Gasteiger partial charge in [-0.25, -0.2) is 0 Å². The molecule has 0 atom stereocenters. The van der Waals surface area contributed by atoms with Crippen LogP contribution in [0.3, 0.4) is 0 Å². The van der Waals surface area contributed by atoms with E-state index in [-0.39, 0.29) is 5.41 Å². The van der Waals surface area contributed by atoms with Crippen molar-refractivity contribution in [2.24, 2.45) is 0 Å². The Labute approximate surface area is 326 Å². The van der Waals surface area contributed by atoms with Crippen LogP contribution in [0.5, 0.6) is 11.5 Å². The highest BCUT2D eigenvalue weighted by atomic mass is 16.5. The molecule has 2 nitrogen and oxygen atoms in total. The third kappa shape index (κ3) is 4.06. The highest BCUT2D eigenvalue weighted by Gasteiger charge is 2.52. The molecule has 0 radical (unpaired) electrons. The van der Waals surface area contributed by atoms with Gasteiger partial charge in [-0.3, -0.25) is 0 Å². The van der Waals surface area contributed by atoms with Crippen LogP contribution in [0.25, 0.3) is 43.8 Å². The molecule has 0 aromatic heterocycles. The van der Waals surface area contributed by atoms with Crippen molar-refractivity contribution in [1.29, 1.82) is 0 Å². The molecule has 56 heavy (non-hydrogen) atoms. The second kappa shape index (κ2) is 11.3. The van der Waals surface area contributed by atoms with Gasteiger partial charge in [-0.05, 0) is 91.7 Å². The maximum atomic E-state index is 7.17. The monoisotopic (exact) mass is 715 g/mol. The molecule has 0 saturated carbocycles. The topological polar surface area (TPSA) is 12.5 Å². The summed E-state index contributed by atoms with van der Waals surface area (Å²) in [6.07, 6.45) is 0. The number of fused-ring (bicyclic) bond motifs is 16. The van der Waals surface area contributed by atoms with Gasteiger partial charge in [0.15, 0.2) is 0 Å². The van der Waals surface area contributed by atoms with Crippen LogP contribution in [0.4, 0.5) is 17.1 Å². The summed E-state index contributed by atoms with van der Waals surface area (Å²) in [4.78, 5) is 2.43. The van der Waals surface area contributed by atoms with Crippen molar-refractivity contribution in [3.63, 3.8) is 0 Å². The van der Waals surface area contributed by atoms with Crippen LogP contribution in [0, 0.1) is 0 Å². The van der Waals surface area contributed by atoms with Crippen LogP contribution >= 0.6 is 0 Å². The van der Waals surface area contributed by atoms with Gasteiger partial charge in [-0.2, -0.15) is 0 Å². The van der Waals surface area contributed by atoms with Gasteiger partial charge in [-0.15, -0.1) is 0 Å². The molecule has 1 heterocycles. The highest BCUT2D eigenvalue weighted by molar-refractivity contribution is 6.00. The fourth-order valence-corrected chi connectivity index (χ4v) is 10.4. The van der Waals surface area contributed by atoms with Crippen molar-refractivity contribution in [3.05, 3.63) is 221 Å². The molecule has 1 aliphatic heterocycles. The van der Waals surface area contributed by atoms with E-state index < -0.39 is 5.41 Å². The molecule has 0 saturated heterocycles. The number of ether oxygens (including phenoxy) is 1. The molecule has 2 heteroatoms. The Hall–Kier alpha value is -6.90. The summed E-state index contributed by atoms with van der Waals surface area (Å²) in [5.74, 6) is 1.87. The van der Waals surface area contributed by atoms with Crippen LogP contribution < -0.4 is 9.64 Å². The van der Waals surface area contributed by atoms with Crippen molar-refractivity contribution in [2.75, 3.05) is 4.90 Å². The summed E-state index contributed by atoms with van der Waals surface area (Å²) in [6.45, 7) is 4.71. The second-order valence-electron chi connectivity index (χ2n) is 16.0. The van der Waals surface area contributed by atoms with E-state index in [1.165, 1.54) is 66.4 Å². The van der Waals surface area contributed by atoms with Gasteiger partial charge in [0.25, 0.3) is 0 Å². The van der Waals surface area contributed by atoms with E-state index in [1.54, 1.807) is 0 Å². The molecule has 264 valence electrons. The van der Waals surface area contributed by atoms with Gasteiger partial charge in [0.2, 0.25) is 0 Å². The zero-order valence-electron chi connectivity index (χ0n) is 31.3. The average Bonchev–Trinajstić information content (AvgIpc) is 3.66. The highest BCUT2D eigenvalue weighted by Crippen LogP contribution is 2.64. The Morgan fingerprint density at radius 1 is 0.357 bits per heavy atom. The molecule has 2 aliphatic carbocycles. The van der Waals surface area contributed by atoms with E-state index in [2.05, 4.69) is 207 Å². The minimum absolute atomic E-state index is 0.105. The van der Waals surface area contributed by atoms with Crippen LogP contribution in [0.1, 0.15) is 47.2 Å². The number of hydrogen-bond acceptors (Lipinski definition) is 2. The van der Waals surface area contributed by atoms with E-state index in [1.807, 2.05) is 0 Å². The minimum Gasteiger partial charge on any atom is -0.455 e. The predicted molar refractivity (Wildman–Crippen MR) is 231 cm³/mol. The lowest BCUT2D eigenvalue weighted by atomic mass is 9.65. The Bertz CT molecular complexity index is 3020. The van der Waals surface area contributed by atoms with Gasteiger partial charge in [0.1, 0.15) is 11.5 Å². The Morgan fingerprint density at radius 2 is 0.857 bits per heavy atom. The molecule has 0 unspecified atom stereocenters. The summed E-state index contributed by atoms with van der Waals surface area (Å²) in [5, 5.41) is 4.60. The van der Waals surface area contributed by atoms with Gasteiger partial charge < -0.3 is 9.64 Å². The number of rotatable bonds is 3. The molecule has 9 aromatic rings. The van der Waals surface area contributed by atoms with Gasteiger partial charge in [-0.1, -0.05) is 166 Å². The van der Waals surface area contributed by atoms with Crippen LogP contribution in [-0.2, 0) is 10.8 Å². The second-order valence-corrected chi connectivity index (χ2v) is 16.0. The lowest BCUT2D eigenvalue weighted by Gasteiger charge is -2.40. The molecule has 0 amide bonds. The van der Waals surface area contributed by atoms with Gasteiger partial charge in [0.05, 0.1) is 5.41 Å². The zero-order valence-corrected chi connectivity index (χ0v) is 31.3. The third-order valence-electron chi connectivity index (χ3n) is 12.9. The number of hydrogen-bond donors (Lipinski definition) is 0. The summed E-state index contributed by atoms with van der Waals surface area (Å²) in [6, 6.07) is 69.4. The average molecular weight is 716 g/mol. The van der Waals surface area contributed by atoms with E-state index >= 15 is 0 Å². The van der Waals surface area contributed by atoms with Gasteiger partial charge >= 0.3 is 0 Å². The summed E-state index contributed by atoms with van der Waals surface area (Å²) in [7, 11) is 0. The van der Waals surface area contributed by atoms with Crippen LogP contribution in [0.15, 0.2) is 188 Å². The fraction of sp³-hybridized carbons (Fsp3) is 0.0741. The lowest BCUT2D eigenvalue weighted by Crippen LogP contribution is -2.32. The molecule has 0 bridgehead atoms. The van der Waals surface area contributed by atoms with E-state index in [4.69, 9.17) is 4.74 Å². The zero-order chi connectivity index (χ0) is 37.2. The first kappa shape index (κ1) is 31.5. The lowest BCUT2D eigenvalue weighted by molar-refractivity contribution is 0.447. The normalized spacial score (nSPS) is 14.7. The van der Waals surface area contributed by atoms with E-state index in [9.17, 15) is 0 Å². The van der Waals surface area contributed by atoms with Gasteiger partial charge in [0, 0.05) is 44.4 Å². The standard InChI is InChI=1S/C54H37NO/c1-53(2)45-22-12-10-20-41(45)43-28-26-38(33-50(43)53)55(36-16-4-3-5-17-36)37-27-31-47-44(32-37)42-21-11-13-23-46(42)54(47)48-29-24-34-14-6-8-18-39(34)51(48)56-52-40-19-9-7-15-35(40)25-30-49(52)54/h3-33H,1-2H3. The maximum Gasteiger partial charge on any atom is 0.140 e. The molecule has 3 aliphatic rings.